The standard InChI is InChI=1S/C35H44N8O2/c1-25-7-4-8-26-9-5-11-32(33(25)26)42-18-13-29-31(22-42)39-35(45-23-28-10-6-17-41(28)2)40-34(29)43-19-14-30(27(21-43)12-15-36)38-24-37-16-20-44-3/h4-5,7-9,11,27-28,30H,6,10,12-14,16-23H2,1-3H3/t27-,28?,30-/m0/s1. The summed E-state index contributed by atoms with van der Waals surface area (Å²) in [6.07, 6.45) is 4.38. The molecule has 1 unspecified atom stereocenters. The number of benzene rings is 2. The van der Waals surface area contributed by atoms with Crippen LogP contribution < -0.4 is 14.5 Å². The van der Waals surface area contributed by atoms with Gasteiger partial charge in [-0.1, -0.05) is 30.3 Å². The second-order valence-corrected chi connectivity index (χ2v) is 12.5. The number of anilines is 2. The molecular formula is C35H44N8O2. The molecule has 0 spiro atoms. The van der Waals surface area contributed by atoms with Crippen LogP contribution in [0.15, 0.2) is 46.4 Å². The van der Waals surface area contributed by atoms with Crippen LogP contribution in [0, 0.1) is 24.2 Å². The number of likely N-dealkylation sites (N-methyl/N-ethyl adjacent to an activating group) is 1. The Kier molecular flexibility index (Phi) is 9.90. The van der Waals surface area contributed by atoms with Crippen LogP contribution in [0.3, 0.4) is 0 Å². The molecule has 0 radical (unpaired) electrons. The van der Waals surface area contributed by atoms with Gasteiger partial charge < -0.3 is 24.2 Å². The third-order valence-corrected chi connectivity index (χ3v) is 9.58. The van der Waals surface area contributed by atoms with Crippen molar-refractivity contribution in [2.24, 2.45) is 15.9 Å². The van der Waals surface area contributed by atoms with Gasteiger partial charge in [0.2, 0.25) is 0 Å². The normalized spacial score (nSPS) is 21.7. The van der Waals surface area contributed by atoms with Gasteiger partial charge in [-0.3, -0.25) is 0 Å². The summed E-state index contributed by atoms with van der Waals surface area (Å²) in [5.74, 6) is 1.01. The fraction of sp³-hybridized carbons (Fsp3) is 0.543. The lowest BCUT2D eigenvalue weighted by molar-refractivity contribution is 0.187. The van der Waals surface area contributed by atoms with Crippen molar-refractivity contribution in [1.29, 1.82) is 5.26 Å². The summed E-state index contributed by atoms with van der Waals surface area (Å²) < 4.78 is 11.4. The lowest BCUT2D eigenvalue weighted by atomic mass is 9.89. The van der Waals surface area contributed by atoms with E-state index in [2.05, 4.69) is 87.1 Å². The number of aromatic nitrogens is 2. The summed E-state index contributed by atoms with van der Waals surface area (Å²) in [7, 11) is 3.82. The first-order chi connectivity index (χ1) is 22.1. The Morgan fingerprint density at radius 2 is 1.93 bits per heavy atom. The summed E-state index contributed by atoms with van der Waals surface area (Å²) in [5.41, 5.74) is 4.73. The number of ether oxygens (including phenoxy) is 2. The van der Waals surface area contributed by atoms with Gasteiger partial charge in [-0.15, -0.1) is 0 Å². The van der Waals surface area contributed by atoms with Gasteiger partial charge in [-0.25, -0.2) is 9.98 Å². The molecule has 10 nitrogen and oxygen atoms in total. The van der Waals surface area contributed by atoms with Gasteiger partial charge in [-0.2, -0.15) is 15.2 Å². The van der Waals surface area contributed by atoms with Gasteiger partial charge in [-0.05, 0) is 63.2 Å². The van der Waals surface area contributed by atoms with Crippen LogP contribution in [0.2, 0.25) is 0 Å². The van der Waals surface area contributed by atoms with E-state index in [-0.39, 0.29) is 12.0 Å². The van der Waals surface area contributed by atoms with Gasteiger partial charge in [0.05, 0.1) is 43.5 Å². The molecular weight excluding hydrogens is 564 g/mol. The average Bonchev–Trinajstić information content (AvgIpc) is 3.47. The Labute approximate surface area is 266 Å². The van der Waals surface area contributed by atoms with E-state index in [1.807, 2.05) is 0 Å². The molecule has 3 aliphatic heterocycles. The molecule has 236 valence electrons. The smallest absolute Gasteiger partial charge is 0.318 e. The number of piperidine rings is 1. The molecule has 4 heterocycles. The van der Waals surface area contributed by atoms with Crippen molar-refractivity contribution < 1.29 is 9.47 Å². The largest absolute Gasteiger partial charge is 0.462 e. The lowest BCUT2D eigenvalue weighted by Crippen LogP contribution is -2.44. The zero-order valence-corrected chi connectivity index (χ0v) is 26.8. The fourth-order valence-electron chi connectivity index (χ4n) is 7.05. The van der Waals surface area contributed by atoms with Crippen LogP contribution in [0.4, 0.5) is 11.5 Å². The molecule has 2 saturated heterocycles. The predicted octanol–water partition coefficient (Wildman–Crippen LogP) is 4.90. The first-order valence-corrected chi connectivity index (χ1v) is 16.2. The van der Waals surface area contributed by atoms with Crippen molar-refractivity contribution in [3.8, 4) is 12.1 Å². The second kappa shape index (κ2) is 14.4. The molecule has 0 aliphatic carbocycles. The van der Waals surface area contributed by atoms with Crippen molar-refractivity contribution in [1.82, 2.24) is 14.9 Å². The number of methoxy groups -OCH3 is 1. The van der Waals surface area contributed by atoms with Gasteiger partial charge in [0, 0.05) is 61.8 Å². The third-order valence-electron chi connectivity index (χ3n) is 9.58. The minimum absolute atomic E-state index is 0.00331. The Balaban J connectivity index is 1.30. The molecule has 2 aromatic carbocycles. The van der Waals surface area contributed by atoms with Gasteiger partial charge in [0.15, 0.2) is 0 Å². The van der Waals surface area contributed by atoms with Crippen molar-refractivity contribution in [3.05, 3.63) is 53.2 Å². The number of aliphatic imine (C=N–C) groups is 2. The summed E-state index contributed by atoms with van der Waals surface area (Å²) >= 11 is 0. The second-order valence-electron chi connectivity index (χ2n) is 12.5. The molecule has 10 heteroatoms. The Morgan fingerprint density at radius 3 is 2.73 bits per heavy atom. The van der Waals surface area contributed by atoms with E-state index in [4.69, 9.17) is 19.4 Å². The van der Waals surface area contributed by atoms with Crippen molar-refractivity contribution in [2.75, 3.05) is 69.9 Å². The molecule has 0 N–H and O–H groups in total. The Bertz CT molecular complexity index is 1590. The third kappa shape index (κ3) is 6.96. The minimum Gasteiger partial charge on any atom is -0.462 e. The maximum atomic E-state index is 9.67. The molecule has 3 atom stereocenters. The van der Waals surface area contributed by atoms with E-state index in [1.165, 1.54) is 34.0 Å². The first kappa shape index (κ1) is 31.0. The van der Waals surface area contributed by atoms with Crippen LogP contribution in [0.1, 0.15) is 42.5 Å². The van der Waals surface area contributed by atoms with E-state index in [9.17, 15) is 5.26 Å². The topological polar surface area (TPSA) is 102 Å². The number of hydrogen-bond acceptors (Lipinski definition) is 10. The minimum atomic E-state index is 0.00331. The maximum Gasteiger partial charge on any atom is 0.318 e. The van der Waals surface area contributed by atoms with Crippen molar-refractivity contribution in [2.45, 2.75) is 57.7 Å². The molecule has 2 fully saturated rings. The molecule has 1 aromatic heterocycles. The molecule has 0 saturated carbocycles. The summed E-state index contributed by atoms with van der Waals surface area (Å²) in [4.78, 5) is 26.1. The Hall–Kier alpha value is -4.03. The number of fused-ring (bicyclic) bond motifs is 2. The zero-order valence-electron chi connectivity index (χ0n) is 26.8. The number of nitrogens with zero attached hydrogens (tertiary/aromatic N) is 8. The number of hydrogen-bond donors (Lipinski definition) is 0. The van der Waals surface area contributed by atoms with Crippen molar-refractivity contribution in [3.63, 3.8) is 0 Å². The monoisotopic (exact) mass is 608 g/mol. The predicted molar refractivity (Wildman–Crippen MR) is 178 cm³/mol. The van der Waals surface area contributed by atoms with Crippen LogP contribution in [-0.2, 0) is 17.7 Å². The highest BCUT2D eigenvalue weighted by atomic mass is 16.5. The zero-order chi connectivity index (χ0) is 31.2. The van der Waals surface area contributed by atoms with E-state index < -0.39 is 0 Å². The highest BCUT2D eigenvalue weighted by Gasteiger charge is 2.33. The number of aryl methyl sites for hydroxylation is 1. The summed E-state index contributed by atoms with van der Waals surface area (Å²) in [6.45, 7) is 7.99. The van der Waals surface area contributed by atoms with Crippen LogP contribution in [0.25, 0.3) is 10.8 Å². The molecule has 3 aliphatic rings. The molecule has 6 rings (SSSR count). The molecule has 0 amide bonds. The molecule has 3 aromatic rings. The SMILES string of the molecule is COCCN=C=N[C@H]1CCN(c2nc(OCC3CCCN3C)nc3c2CCN(c2cccc4cccc(C)c24)C3)C[C@@H]1CC#N. The number of likely N-dealkylation sites (tertiary alicyclic amines) is 1. The number of rotatable bonds is 10. The van der Waals surface area contributed by atoms with E-state index in [0.29, 0.717) is 51.3 Å². The van der Waals surface area contributed by atoms with Crippen LogP contribution >= 0.6 is 0 Å². The number of nitriles is 1. The fourth-order valence-corrected chi connectivity index (χ4v) is 7.05. The van der Waals surface area contributed by atoms with E-state index >= 15 is 0 Å². The van der Waals surface area contributed by atoms with E-state index in [0.717, 1.165) is 50.4 Å². The van der Waals surface area contributed by atoms with Gasteiger partial charge in [0.1, 0.15) is 12.4 Å². The highest BCUT2D eigenvalue weighted by molar-refractivity contribution is 5.97. The van der Waals surface area contributed by atoms with E-state index in [1.54, 1.807) is 7.11 Å². The Morgan fingerprint density at radius 1 is 1.07 bits per heavy atom. The lowest BCUT2D eigenvalue weighted by Gasteiger charge is -2.39. The first-order valence-electron chi connectivity index (χ1n) is 16.2. The van der Waals surface area contributed by atoms with Crippen LogP contribution in [-0.4, -0.2) is 93.1 Å². The maximum absolute atomic E-state index is 9.67. The molecule has 0 bridgehead atoms. The van der Waals surface area contributed by atoms with Crippen LogP contribution in [0.5, 0.6) is 6.01 Å². The summed E-state index contributed by atoms with van der Waals surface area (Å²) in [6, 6.07) is 19.1. The van der Waals surface area contributed by atoms with Gasteiger partial charge >= 0.3 is 6.01 Å². The van der Waals surface area contributed by atoms with Crippen molar-refractivity contribution >= 4 is 28.3 Å². The molecule has 45 heavy (non-hydrogen) atoms. The highest BCUT2D eigenvalue weighted by Crippen LogP contribution is 2.37. The average molecular weight is 609 g/mol. The van der Waals surface area contributed by atoms with Gasteiger partial charge in [0.25, 0.3) is 0 Å². The quantitative estimate of drug-likeness (QED) is 0.237. The summed E-state index contributed by atoms with van der Waals surface area (Å²) in [5, 5.41) is 12.2.